The predicted molar refractivity (Wildman–Crippen MR) is 189 cm³/mol. The normalized spacial score (nSPS) is 22.7. The van der Waals surface area contributed by atoms with Crippen LogP contribution in [0.4, 0.5) is 11.4 Å². The summed E-state index contributed by atoms with van der Waals surface area (Å²) in [6.07, 6.45) is 7.62. The van der Waals surface area contributed by atoms with Crippen molar-refractivity contribution in [3.8, 4) is 22.3 Å². The summed E-state index contributed by atoms with van der Waals surface area (Å²) in [5.41, 5.74) is 12.3. The Kier molecular flexibility index (Phi) is 6.72. The van der Waals surface area contributed by atoms with E-state index in [4.69, 9.17) is 0 Å². The summed E-state index contributed by atoms with van der Waals surface area (Å²) < 4.78 is 19.9. The molecule has 3 aliphatic rings. The van der Waals surface area contributed by atoms with Gasteiger partial charge in [0, 0.05) is 19.5 Å². The topological polar surface area (TPSA) is 12.0 Å². The molecule has 1 N–H and O–H groups in total. The van der Waals surface area contributed by atoms with Crippen molar-refractivity contribution in [2.75, 3.05) is 5.32 Å². The van der Waals surface area contributed by atoms with Crippen LogP contribution in [0.15, 0.2) is 84.9 Å². The molecule has 0 amide bonds. The standard InChI is InChI=1S/C43H51N/c1-41(2)22-18-30(19-23-41)34-26-32(29-12-8-7-9-13-29)16-17-39(34)44-40-28-38-36(33-14-10-11-15-37(33)43(38,5)6)27-35(40)31-20-24-42(3,4)25-21-31/h7-17,26-28,30-31,44H,18-25H2,1-6H3/i30D,31D. The summed E-state index contributed by atoms with van der Waals surface area (Å²) in [6, 6.07) is 30.9. The highest BCUT2D eigenvalue weighted by Gasteiger charge is 2.38. The Balaban J connectivity index is 1.39. The maximum atomic E-state index is 9.99. The summed E-state index contributed by atoms with van der Waals surface area (Å²) in [6.45, 7) is 14.1. The lowest BCUT2D eigenvalue weighted by Crippen LogP contribution is -2.22. The van der Waals surface area contributed by atoms with Crippen LogP contribution in [0.2, 0.25) is 0 Å². The Labute approximate surface area is 269 Å². The molecule has 3 aliphatic carbocycles. The Bertz CT molecular complexity index is 1760. The number of nitrogens with one attached hydrogen (secondary N) is 1. The first-order valence-corrected chi connectivity index (χ1v) is 17.0. The molecule has 0 atom stereocenters. The zero-order chi connectivity index (χ0) is 32.5. The maximum Gasteiger partial charge on any atom is 0.0423 e. The van der Waals surface area contributed by atoms with Crippen LogP contribution in [0.3, 0.4) is 0 Å². The molecule has 0 aliphatic heterocycles. The van der Waals surface area contributed by atoms with Crippen molar-refractivity contribution >= 4 is 11.4 Å². The Morgan fingerprint density at radius 3 is 1.75 bits per heavy atom. The molecule has 44 heavy (non-hydrogen) atoms. The first kappa shape index (κ1) is 27.0. The summed E-state index contributed by atoms with van der Waals surface area (Å²) in [5.74, 6) is -1.32. The molecular formula is C43H51N. The fourth-order valence-electron chi connectivity index (χ4n) is 8.04. The Hall–Kier alpha value is -3.32. The number of anilines is 2. The molecule has 2 fully saturated rings. The number of benzene rings is 4. The smallest absolute Gasteiger partial charge is 0.0423 e. The van der Waals surface area contributed by atoms with Gasteiger partial charge < -0.3 is 5.32 Å². The van der Waals surface area contributed by atoms with E-state index in [1.165, 1.54) is 27.8 Å². The van der Waals surface area contributed by atoms with Gasteiger partial charge in [0.2, 0.25) is 0 Å². The van der Waals surface area contributed by atoms with Crippen molar-refractivity contribution in [3.63, 3.8) is 0 Å². The van der Waals surface area contributed by atoms with Crippen LogP contribution in [0, 0.1) is 10.8 Å². The van der Waals surface area contributed by atoms with Crippen LogP contribution in [0.1, 0.15) is 130 Å². The van der Waals surface area contributed by atoms with Crippen molar-refractivity contribution in [3.05, 3.63) is 107 Å². The van der Waals surface area contributed by atoms with Gasteiger partial charge in [0.05, 0.1) is 0 Å². The molecule has 2 saturated carbocycles. The molecule has 1 nitrogen and oxygen atoms in total. The van der Waals surface area contributed by atoms with Crippen LogP contribution in [0.25, 0.3) is 22.3 Å². The molecule has 0 spiro atoms. The number of rotatable bonds is 5. The van der Waals surface area contributed by atoms with E-state index in [2.05, 4.69) is 132 Å². The van der Waals surface area contributed by atoms with Gasteiger partial charge in [-0.3, -0.25) is 0 Å². The van der Waals surface area contributed by atoms with Crippen LogP contribution in [-0.4, -0.2) is 0 Å². The van der Waals surface area contributed by atoms with E-state index in [-0.39, 0.29) is 16.2 Å². The Morgan fingerprint density at radius 2 is 1.11 bits per heavy atom. The molecular weight excluding hydrogens is 530 g/mol. The molecule has 228 valence electrons. The minimum Gasteiger partial charge on any atom is -0.355 e. The minimum atomic E-state index is -0.664. The summed E-state index contributed by atoms with van der Waals surface area (Å²) in [5, 5.41) is 3.96. The van der Waals surface area contributed by atoms with Gasteiger partial charge in [0.1, 0.15) is 0 Å². The van der Waals surface area contributed by atoms with Crippen molar-refractivity contribution in [2.24, 2.45) is 10.8 Å². The number of hydrogen-bond acceptors (Lipinski definition) is 1. The molecule has 0 heterocycles. The van der Waals surface area contributed by atoms with Crippen molar-refractivity contribution in [1.29, 1.82) is 0 Å². The first-order valence-electron chi connectivity index (χ1n) is 18.0. The van der Waals surface area contributed by atoms with Crippen molar-refractivity contribution in [1.82, 2.24) is 0 Å². The van der Waals surface area contributed by atoms with Gasteiger partial charge in [-0.2, -0.15) is 0 Å². The van der Waals surface area contributed by atoms with Gasteiger partial charge >= 0.3 is 0 Å². The van der Waals surface area contributed by atoms with E-state index in [0.29, 0.717) is 0 Å². The lowest BCUT2D eigenvalue weighted by molar-refractivity contribution is 0.224. The van der Waals surface area contributed by atoms with Gasteiger partial charge in [-0.05, 0) is 143 Å². The average molecular weight is 584 g/mol. The van der Waals surface area contributed by atoms with Crippen molar-refractivity contribution < 1.29 is 2.74 Å². The number of fused-ring (bicyclic) bond motifs is 3. The second-order valence-electron chi connectivity index (χ2n) is 15.9. The lowest BCUT2D eigenvalue weighted by Gasteiger charge is -2.36. The van der Waals surface area contributed by atoms with E-state index >= 15 is 0 Å². The molecule has 0 unspecified atom stereocenters. The third-order valence-corrected chi connectivity index (χ3v) is 11.3. The first-order chi connectivity index (χ1) is 21.7. The highest BCUT2D eigenvalue weighted by Crippen LogP contribution is 2.53. The van der Waals surface area contributed by atoms with E-state index in [1.807, 2.05) is 0 Å². The van der Waals surface area contributed by atoms with Gasteiger partial charge in [-0.15, -0.1) is 0 Å². The molecule has 0 radical (unpaired) electrons. The zero-order valence-corrected chi connectivity index (χ0v) is 27.7. The van der Waals surface area contributed by atoms with E-state index < -0.39 is 11.8 Å². The fraction of sp³-hybridized carbons (Fsp3) is 0.442. The van der Waals surface area contributed by atoms with Gasteiger partial charge in [0.25, 0.3) is 0 Å². The molecule has 0 saturated heterocycles. The predicted octanol–water partition coefficient (Wildman–Crippen LogP) is 12.8. The van der Waals surface area contributed by atoms with Crippen LogP contribution in [0.5, 0.6) is 0 Å². The third kappa shape index (κ3) is 5.42. The van der Waals surface area contributed by atoms with Gasteiger partial charge in [-0.25, -0.2) is 0 Å². The highest BCUT2D eigenvalue weighted by atomic mass is 14.9. The van der Waals surface area contributed by atoms with Gasteiger partial charge in [-0.1, -0.05) is 102 Å². The second-order valence-corrected chi connectivity index (χ2v) is 15.9. The molecule has 7 rings (SSSR count). The quantitative estimate of drug-likeness (QED) is 0.246. The van der Waals surface area contributed by atoms with Crippen molar-refractivity contribution in [2.45, 2.75) is 110 Å². The summed E-state index contributed by atoms with van der Waals surface area (Å²) >= 11 is 0. The van der Waals surface area contributed by atoms with Crippen LogP contribution >= 0.6 is 0 Å². The van der Waals surface area contributed by atoms with E-state index in [9.17, 15) is 2.74 Å². The lowest BCUT2D eigenvalue weighted by atomic mass is 9.70. The van der Waals surface area contributed by atoms with E-state index in [1.54, 1.807) is 0 Å². The third-order valence-electron chi connectivity index (χ3n) is 11.3. The monoisotopic (exact) mass is 583 g/mol. The molecule has 1 heteroatoms. The number of hydrogen-bond donors (Lipinski definition) is 1. The maximum absolute atomic E-state index is 9.99. The molecule has 4 aromatic carbocycles. The van der Waals surface area contributed by atoms with Crippen LogP contribution < -0.4 is 5.32 Å². The molecule has 0 aromatic heterocycles. The second kappa shape index (κ2) is 10.9. The largest absolute Gasteiger partial charge is 0.355 e. The van der Waals surface area contributed by atoms with E-state index in [0.717, 1.165) is 79.4 Å². The SMILES string of the molecule is [2H]C1(c2cc(-c3ccccc3)ccc2Nc2cc3c(cc2C2([2H])CCC(C)(C)CC2)-c2ccccc2C3(C)C)CCC(C)(C)CC1. The zero-order valence-electron chi connectivity index (χ0n) is 29.7. The molecule has 4 aromatic rings. The summed E-state index contributed by atoms with van der Waals surface area (Å²) in [7, 11) is 0. The highest BCUT2D eigenvalue weighted by molar-refractivity contribution is 5.85. The molecule has 0 bridgehead atoms. The fourth-order valence-corrected chi connectivity index (χ4v) is 8.04. The minimum absolute atomic E-state index is 0.129. The van der Waals surface area contributed by atoms with Crippen LogP contribution in [-0.2, 0) is 5.41 Å². The average Bonchev–Trinajstić information content (AvgIpc) is 3.26. The Morgan fingerprint density at radius 1 is 0.545 bits per heavy atom. The van der Waals surface area contributed by atoms with Gasteiger partial charge in [0.15, 0.2) is 0 Å². The summed E-state index contributed by atoms with van der Waals surface area (Å²) in [4.78, 5) is 0.